The molecule has 358 valence electrons. The van der Waals surface area contributed by atoms with Gasteiger partial charge in [-0.1, -0.05) is 177 Å². The highest BCUT2D eigenvalue weighted by atomic mass is 16.5. The number of ether oxygens (including phenoxy) is 1. The van der Waals surface area contributed by atoms with Crippen molar-refractivity contribution in [3.05, 3.63) is 197 Å². The van der Waals surface area contributed by atoms with Crippen LogP contribution in [0.1, 0.15) is 155 Å². The van der Waals surface area contributed by atoms with Crippen LogP contribution >= 0.6 is 0 Å². The molecule has 0 bridgehead atoms. The van der Waals surface area contributed by atoms with Crippen molar-refractivity contribution in [3.8, 4) is 39.8 Å². The Hall–Kier alpha value is -6.72. The Morgan fingerprint density at radius 2 is 1.16 bits per heavy atom. The van der Waals surface area contributed by atoms with Gasteiger partial charge in [0.05, 0.1) is 28.1 Å². The first-order valence-corrected chi connectivity index (χ1v) is 25.2. The van der Waals surface area contributed by atoms with Gasteiger partial charge in [0, 0.05) is 34.6 Å². The molecule has 0 N–H and O–H groups in total. The third-order valence-electron chi connectivity index (χ3n) is 14.3. The van der Waals surface area contributed by atoms with E-state index >= 15 is 0 Å². The molecule has 0 fully saturated rings. The molecule has 9 rings (SSSR count). The summed E-state index contributed by atoms with van der Waals surface area (Å²) >= 11 is 0. The number of fused-ring (bicyclic) bond motifs is 3. The van der Waals surface area contributed by atoms with E-state index in [1.54, 1.807) is 0 Å². The number of benzene rings is 6. The van der Waals surface area contributed by atoms with Gasteiger partial charge >= 0.3 is 0 Å². The van der Waals surface area contributed by atoms with Crippen LogP contribution in [-0.4, -0.2) is 14.1 Å². The summed E-state index contributed by atoms with van der Waals surface area (Å²) in [6.45, 7) is 34.4. The molecule has 9 aromatic rings. The van der Waals surface area contributed by atoms with E-state index in [0.29, 0.717) is 11.8 Å². The Morgan fingerprint density at radius 1 is 0.529 bits per heavy atom. The molecule has 0 aliphatic carbocycles. The summed E-state index contributed by atoms with van der Waals surface area (Å²) in [5.74, 6) is 3.00. The van der Waals surface area contributed by atoms with E-state index in [4.69, 9.17) is 9.72 Å². The number of pyridine rings is 1. The van der Waals surface area contributed by atoms with E-state index in [2.05, 4.69) is 270 Å². The average Bonchev–Trinajstić information content (AvgIpc) is 3.92. The lowest BCUT2D eigenvalue weighted by Gasteiger charge is -2.26. The molecule has 0 unspecified atom stereocenters. The molecule has 3 heterocycles. The summed E-state index contributed by atoms with van der Waals surface area (Å²) in [6, 6.07) is 50.9. The summed E-state index contributed by atoms with van der Waals surface area (Å²) in [7, 11) is 0. The fourth-order valence-electron chi connectivity index (χ4n) is 9.99. The van der Waals surface area contributed by atoms with Crippen molar-refractivity contribution < 1.29 is 9.30 Å². The Morgan fingerprint density at radius 3 is 1.79 bits per heavy atom. The Labute approximate surface area is 417 Å². The molecule has 0 spiro atoms. The zero-order valence-electron chi connectivity index (χ0n) is 44.3. The third kappa shape index (κ3) is 9.23. The van der Waals surface area contributed by atoms with Crippen molar-refractivity contribution in [2.75, 3.05) is 0 Å². The van der Waals surface area contributed by atoms with Crippen molar-refractivity contribution in [3.63, 3.8) is 0 Å². The molecular formula is C65H72N4O. The molecule has 70 heavy (non-hydrogen) atoms. The Balaban J connectivity index is 1.24. The van der Waals surface area contributed by atoms with Gasteiger partial charge < -0.3 is 4.74 Å². The van der Waals surface area contributed by atoms with Crippen LogP contribution in [0.3, 0.4) is 0 Å². The highest BCUT2D eigenvalue weighted by molar-refractivity contribution is 6.09. The molecule has 0 aliphatic rings. The van der Waals surface area contributed by atoms with Gasteiger partial charge in [0.15, 0.2) is 0 Å². The van der Waals surface area contributed by atoms with E-state index in [-0.39, 0.29) is 21.7 Å². The number of hydrogen-bond donors (Lipinski definition) is 0. The molecule has 0 saturated heterocycles. The molecule has 3 aromatic heterocycles. The molecule has 0 atom stereocenters. The van der Waals surface area contributed by atoms with Gasteiger partial charge in [-0.3, -0.25) is 13.7 Å². The first kappa shape index (κ1) is 48.3. The molecule has 5 heteroatoms. The smallest absolute Gasteiger partial charge is 0.269 e. The third-order valence-corrected chi connectivity index (χ3v) is 14.3. The Bertz CT molecular complexity index is 3320. The van der Waals surface area contributed by atoms with Gasteiger partial charge in [-0.05, 0) is 133 Å². The molecule has 0 saturated carbocycles. The van der Waals surface area contributed by atoms with Gasteiger partial charge in [-0.15, -0.1) is 0 Å². The predicted molar refractivity (Wildman–Crippen MR) is 293 cm³/mol. The fraction of sp³-hybridized carbons (Fsp3) is 0.323. The maximum absolute atomic E-state index is 7.19. The molecule has 5 nitrogen and oxygen atoms in total. The van der Waals surface area contributed by atoms with Crippen LogP contribution in [0.5, 0.6) is 11.5 Å². The van der Waals surface area contributed by atoms with Crippen LogP contribution in [0, 0.1) is 6.33 Å². The number of imidazole rings is 1. The predicted octanol–water partition coefficient (Wildman–Crippen LogP) is 17.0. The van der Waals surface area contributed by atoms with Crippen molar-refractivity contribution in [2.45, 2.75) is 137 Å². The van der Waals surface area contributed by atoms with Crippen LogP contribution in [0.2, 0.25) is 0 Å². The van der Waals surface area contributed by atoms with Gasteiger partial charge in [-0.25, -0.2) is 4.98 Å². The van der Waals surface area contributed by atoms with Crippen LogP contribution in [0.15, 0.2) is 152 Å². The summed E-state index contributed by atoms with van der Waals surface area (Å²) in [4.78, 5) is 5.04. The Kier molecular flexibility index (Phi) is 12.4. The highest BCUT2D eigenvalue weighted by Gasteiger charge is 2.28. The first-order valence-electron chi connectivity index (χ1n) is 25.2. The van der Waals surface area contributed by atoms with Crippen LogP contribution in [-0.2, 0) is 21.7 Å². The lowest BCUT2D eigenvalue weighted by molar-refractivity contribution is -0.599. The van der Waals surface area contributed by atoms with E-state index in [1.165, 1.54) is 44.3 Å². The highest BCUT2D eigenvalue weighted by Crippen LogP contribution is 2.42. The van der Waals surface area contributed by atoms with Crippen LogP contribution in [0.25, 0.3) is 50.1 Å². The van der Waals surface area contributed by atoms with Gasteiger partial charge in [-0.2, -0.15) is 0 Å². The standard InChI is InChI=1S/C65H72N4O/c1-42(2)53-25-21-26-54(43(3)4)61(53)44-32-50(68-41-67(40-59(68)64(11,12)13)49-35-47(62(5,6)7)34-48(36-49)63(8,9)10)38-52(33-44)70-51-28-29-56-55-24-19-20-27-57(55)69(58(56)39-51)60-37-46(30-31-66-60)65(14,15)45-22-17-16-18-23-45/h16-40,42-43H,1-15H3. The second kappa shape index (κ2) is 17.9. The summed E-state index contributed by atoms with van der Waals surface area (Å²) < 4.78 is 14.0. The topological polar surface area (TPSA) is 35.9 Å². The maximum Gasteiger partial charge on any atom is 0.269 e. The van der Waals surface area contributed by atoms with Crippen molar-refractivity contribution in [1.82, 2.24) is 14.1 Å². The zero-order valence-corrected chi connectivity index (χ0v) is 44.3. The van der Waals surface area contributed by atoms with Gasteiger partial charge in [0.25, 0.3) is 6.33 Å². The van der Waals surface area contributed by atoms with Crippen molar-refractivity contribution in [1.29, 1.82) is 0 Å². The minimum Gasteiger partial charge on any atom is -0.458 e. The second-order valence-electron chi connectivity index (χ2n) is 23.7. The number of nitrogens with zero attached hydrogens (tertiary/aromatic N) is 4. The molecule has 6 aromatic carbocycles. The number of hydrogen-bond acceptors (Lipinski definition) is 2. The number of para-hydroxylation sites is 1. The second-order valence-corrected chi connectivity index (χ2v) is 23.7. The van der Waals surface area contributed by atoms with E-state index in [9.17, 15) is 0 Å². The first-order chi connectivity index (χ1) is 33.0. The minimum absolute atomic E-state index is 0.0261. The SMILES string of the molecule is CC(C)c1cccc(C(C)C)c1-c1cc(Oc2ccc3c4ccccc4n(-c4cc(C(C)(C)c5ccccc5)ccn4)c3c2)cc(-n2[c-][n+](-c3cc(C(C)(C)C)cc(C(C)(C)C)c3)cc2C(C)(C)C)c1. The van der Waals surface area contributed by atoms with Gasteiger partial charge in [0.2, 0.25) is 0 Å². The normalized spacial score (nSPS) is 12.8. The maximum atomic E-state index is 7.19. The average molecular weight is 925 g/mol. The number of rotatable bonds is 10. The summed E-state index contributed by atoms with van der Waals surface area (Å²) in [6.07, 6.45) is 8.10. The molecule has 0 amide bonds. The quantitative estimate of drug-likeness (QED) is 0.101. The van der Waals surface area contributed by atoms with E-state index in [0.717, 1.165) is 56.4 Å². The zero-order chi connectivity index (χ0) is 50.1. The summed E-state index contributed by atoms with van der Waals surface area (Å²) in [5, 5.41) is 2.31. The van der Waals surface area contributed by atoms with E-state index < -0.39 is 0 Å². The lowest BCUT2D eigenvalue weighted by atomic mass is 9.78. The molecule has 0 aliphatic heterocycles. The number of aromatic nitrogens is 4. The lowest BCUT2D eigenvalue weighted by Crippen LogP contribution is -2.30. The van der Waals surface area contributed by atoms with Crippen LogP contribution in [0.4, 0.5) is 0 Å². The summed E-state index contributed by atoms with van der Waals surface area (Å²) in [5.41, 5.74) is 15.0. The largest absolute Gasteiger partial charge is 0.458 e. The van der Waals surface area contributed by atoms with E-state index in [1.807, 2.05) is 6.20 Å². The minimum atomic E-state index is -0.229. The molecule has 0 radical (unpaired) electrons. The van der Waals surface area contributed by atoms with Gasteiger partial charge in [0.1, 0.15) is 17.3 Å². The monoisotopic (exact) mass is 925 g/mol. The van der Waals surface area contributed by atoms with Crippen LogP contribution < -0.4 is 9.30 Å². The van der Waals surface area contributed by atoms with Crippen molar-refractivity contribution >= 4 is 21.8 Å². The fourth-order valence-corrected chi connectivity index (χ4v) is 9.99. The molecular weight excluding hydrogens is 853 g/mol. The van der Waals surface area contributed by atoms with Crippen molar-refractivity contribution in [2.24, 2.45) is 0 Å².